The number of nitrogens with zero attached hydrogens (tertiary/aromatic N) is 3. The van der Waals surface area contributed by atoms with Crippen LogP contribution in [-0.2, 0) is 4.74 Å². The molecule has 2 fully saturated rings. The van der Waals surface area contributed by atoms with E-state index in [0.717, 1.165) is 19.0 Å². The third-order valence-electron chi connectivity index (χ3n) is 4.70. The van der Waals surface area contributed by atoms with Crippen LogP contribution in [0.2, 0.25) is 0 Å². The molecule has 1 amide bonds. The first-order valence-electron chi connectivity index (χ1n) is 7.68. The first kappa shape index (κ1) is 14.2. The molecule has 0 aromatic carbocycles. The minimum atomic E-state index is -0.190. The van der Waals surface area contributed by atoms with Crippen molar-refractivity contribution < 1.29 is 13.9 Å². The molecule has 0 bridgehead atoms. The highest BCUT2D eigenvalue weighted by Gasteiger charge is 2.51. The summed E-state index contributed by atoms with van der Waals surface area (Å²) < 4.78 is 10.8. The molecule has 1 N–H and O–H groups in total. The molecule has 2 aromatic heterocycles. The highest BCUT2D eigenvalue weighted by molar-refractivity contribution is 5.91. The molecule has 2 aromatic rings. The number of hydrogen-bond acceptors (Lipinski definition) is 6. The molecule has 2 saturated heterocycles. The Labute approximate surface area is 133 Å². The van der Waals surface area contributed by atoms with Crippen LogP contribution in [0.5, 0.6) is 0 Å². The van der Waals surface area contributed by atoms with E-state index < -0.39 is 0 Å². The average molecular weight is 314 g/mol. The van der Waals surface area contributed by atoms with Gasteiger partial charge in [-0.25, -0.2) is 9.97 Å². The van der Waals surface area contributed by atoms with E-state index in [1.807, 2.05) is 6.07 Å². The number of rotatable bonds is 4. The Morgan fingerprint density at radius 2 is 2.26 bits per heavy atom. The minimum absolute atomic E-state index is 0.0958. The summed E-state index contributed by atoms with van der Waals surface area (Å²) in [7, 11) is 0. The standard InChI is InChI=1S/C16H18N4O3/c21-14(13-3-1-6-23-13)19-9-16-10-20(7-12(16)8-22-11-16)15-17-4-2-5-18-15/h1-6,12H,7-11H2,(H,19,21)/t12-,16+/m0/s1. The summed E-state index contributed by atoms with van der Waals surface area (Å²) in [5.41, 5.74) is -0.0958. The van der Waals surface area contributed by atoms with Gasteiger partial charge in [-0.3, -0.25) is 4.79 Å². The Bertz CT molecular complexity index is 676. The molecular formula is C16H18N4O3. The zero-order chi connectivity index (χ0) is 15.7. The highest BCUT2D eigenvalue weighted by Crippen LogP contribution is 2.41. The summed E-state index contributed by atoms with van der Waals surface area (Å²) in [6.45, 7) is 3.53. The molecule has 23 heavy (non-hydrogen) atoms. The lowest BCUT2D eigenvalue weighted by molar-refractivity contribution is 0.0892. The molecule has 2 aliphatic rings. The Hall–Kier alpha value is -2.41. The first-order valence-corrected chi connectivity index (χ1v) is 7.68. The second-order valence-corrected chi connectivity index (χ2v) is 6.16. The van der Waals surface area contributed by atoms with E-state index in [0.29, 0.717) is 31.4 Å². The lowest BCUT2D eigenvalue weighted by Crippen LogP contribution is -2.43. The molecule has 0 saturated carbocycles. The SMILES string of the molecule is O=C(NC[C@@]12COC[C@@H]1CN(c1ncccn1)C2)c1ccco1. The van der Waals surface area contributed by atoms with Crippen LogP contribution in [0.4, 0.5) is 5.95 Å². The Morgan fingerprint density at radius 1 is 1.39 bits per heavy atom. The highest BCUT2D eigenvalue weighted by atomic mass is 16.5. The van der Waals surface area contributed by atoms with Gasteiger partial charge in [-0.1, -0.05) is 0 Å². The number of nitrogens with one attached hydrogen (secondary N) is 1. The number of ether oxygens (including phenoxy) is 1. The second-order valence-electron chi connectivity index (χ2n) is 6.16. The van der Waals surface area contributed by atoms with Crippen molar-refractivity contribution in [3.05, 3.63) is 42.6 Å². The minimum Gasteiger partial charge on any atom is -0.459 e. The lowest BCUT2D eigenvalue weighted by atomic mass is 9.81. The van der Waals surface area contributed by atoms with Gasteiger partial charge in [0.05, 0.1) is 19.5 Å². The number of hydrogen-bond donors (Lipinski definition) is 1. The number of amides is 1. The van der Waals surface area contributed by atoms with E-state index in [-0.39, 0.29) is 11.3 Å². The Morgan fingerprint density at radius 3 is 3.04 bits per heavy atom. The molecule has 2 atom stereocenters. The van der Waals surface area contributed by atoms with Crippen LogP contribution in [0.25, 0.3) is 0 Å². The van der Waals surface area contributed by atoms with Gasteiger partial charge in [-0.05, 0) is 18.2 Å². The normalized spacial score (nSPS) is 26.3. The van der Waals surface area contributed by atoms with Gasteiger partial charge >= 0.3 is 0 Å². The van der Waals surface area contributed by atoms with Gasteiger partial charge in [0, 0.05) is 43.4 Å². The number of carbonyl (C=O) groups excluding carboxylic acids is 1. The quantitative estimate of drug-likeness (QED) is 0.905. The van der Waals surface area contributed by atoms with E-state index in [9.17, 15) is 4.79 Å². The van der Waals surface area contributed by atoms with Crippen molar-refractivity contribution >= 4 is 11.9 Å². The van der Waals surface area contributed by atoms with E-state index in [4.69, 9.17) is 9.15 Å². The summed E-state index contributed by atoms with van der Waals surface area (Å²) in [5, 5.41) is 2.98. The van der Waals surface area contributed by atoms with Crippen LogP contribution in [0.3, 0.4) is 0 Å². The second kappa shape index (κ2) is 5.66. The molecule has 4 rings (SSSR count). The molecule has 7 nitrogen and oxygen atoms in total. The maximum absolute atomic E-state index is 12.1. The summed E-state index contributed by atoms with van der Waals surface area (Å²) in [5.74, 6) is 1.24. The molecular weight excluding hydrogens is 296 g/mol. The number of fused-ring (bicyclic) bond motifs is 1. The number of aromatic nitrogens is 2. The van der Waals surface area contributed by atoms with Crippen LogP contribution in [-0.4, -0.2) is 48.7 Å². The Kier molecular flexibility index (Phi) is 3.49. The maximum Gasteiger partial charge on any atom is 0.286 e. The van der Waals surface area contributed by atoms with E-state index in [1.165, 1.54) is 6.26 Å². The van der Waals surface area contributed by atoms with E-state index >= 15 is 0 Å². The van der Waals surface area contributed by atoms with Gasteiger partial charge in [0.1, 0.15) is 0 Å². The summed E-state index contributed by atoms with van der Waals surface area (Å²) in [4.78, 5) is 22.9. The van der Waals surface area contributed by atoms with Crippen LogP contribution in [0, 0.1) is 11.3 Å². The topological polar surface area (TPSA) is 80.5 Å². The number of anilines is 1. The maximum atomic E-state index is 12.1. The summed E-state index contributed by atoms with van der Waals surface area (Å²) >= 11 is 0. The van der Waals surface area contributed by atoms with Gasteiger partial charge in [0.2, 0.25) is 5.95 Å². The molecule has 0 unspecified atom stereocenters. The first-order chi connectivity index (χ1) is 11.3. The van der Waals surface area contributed by atoms with Crippen LogP contribution >= 0.6 is 0 Å². The molecule has 7 heteroatoms. The molecule has 120 valence electrons. The molecule has 0 spiro atoms. The molecule has 0 aliphatic carbocycles. The van der Waals surface area contributed by atoms with Crippen molar-refractivity contribution in [1.29, 1.82) is 0 Å². The number of carbonyl (C=O) groups is 1. The van der Waals surface area contributed by atoms with E-state index in [2.05, 4.69) is 20.2 Å². The number of furan rings is 1. The largest absolute Gasteiger partial charge is 0.459 e. The van der Waals surface area contributed by atoms with Gasteiger partial charge in [-0.15, -0.1) is 0 Å². The van der Waals surface area contributed by atoms with E-state index in [1.54, 1.807) is 24.5 Å². The predicted octanol–water partition coefficient (Wildman–Crippen LogP) is 0.952. The van der Waals surface area contributed by atoms with Crippen molar-refractivity contribution in [3.63, 3.8) is 0 Å². The third-order valence-corrected chi connectivity index (χ3v) is 4.70. The fourth-order valence-electron chi connectivity index (χ4n) is 3.44. The zero-order valence-electron chi connectivity index (χ0n) is 12.6. The van der Waals surface area contributed by atoms with Gasteiger partial charge in [0.15, 0.2) is 5.76 Å². The zero-order valence-corrected chi connectivity index (χ0v) is 12.6. The lowest BCUT2D eigenvalue weighted by Gasteiger charge is -2.27. The van der Waals surface area contributed by atoms with Gasteiger partial charge in [0.25, 0.3) is 5.91 Å². The van der Waals surface area contributed by atoms with Gasteiger partial charge < -0.3 is 19.4 Å². The van der Waals surface area contributed by atoms with Crippen molar-refractivity contribution in [3.8, 4) is 0 Å². The van der Waals surface area contributed by atoms with Crippen LogP contribution in [0.1, 0.15) is 10.6 Å². The molecule has 4 heterocycles. The Balaban J connectivity index is 1.46. The fraction of sp³-hybridized carbons (Fsp3) is 0.438. The summed E-state index contributed by atoms with van der Waals surface area (Å²) in [6, 6.07) is 5.18. The molecule has 0 radical (unpaired) electrons. The smallest absolute Gasteiger partial charge is 0.286 e. The fourth-order valence-corrected chi connectivity index (χ4v) is 3.44. The van der Waals surface area contributed by atoms with Crippen LogP contribution < -0.4 is 10.2 Å². The predicted molar refractivity (Wildman–Crippen MR) is 82.0 cm³/mol. The summed E-state index contributed by atoms with van der Waals surface area (Å²) in [6.07, 6.45) is 5.00. The third kappa shape index (κ3) is 2.57. The van der Waals surface area contributed by atoms with Gasteiger partial charge in [-0.2, -0.15) is 0 Å². The average Bonchev–Trinajstić information content (AvgIpc) is 3.29. The van der Waals surface area contributed by atoms with Crippen molar-refractivity contribution in [1.82, 2.24) is 15.3 Å². The van der Waals surface area contributed by atoms with Crippen molar-refractivity contribution in [2.24, 2.45) is 11.3 Å². The monoisotopic (exact) mass is 314 g/mol. The van der Waals surface area contributed by atoms with Crippen LogP contribution in [0.15, 0.2) is 41.3 Å². The molecule has 2 aliphatic heterocycles. The van der Waals surface area contributed by atoms with Crippen molar-refractivity contribution in [2.75, 3.05) is 37.7 Å². The van der Waals surface area contributed by atoms with Crippen molar-refractivity contribution in [2.45, 2.75) is 0 Å².